The van der Waals surface area contributed by atoms with Gasteiger partial charge in [-0.15, -0.1) is 0 Å². The quantitative estimate of drug-likeness (QED) is 0.744. The van der Waals surface area contributed by atoms with E-state index in [-0.39, 0.29) is 0 Å². The summed E-state index contributed by atoms with van der Waals surface area (Å²) in [5, 5.41) is 0. The first kappa shape index (κ1) is 14.2. The van der Waals surface area contributed by atoms with Crippen LogP contribution in [-0.4, -0.2) is 32.3 Å². The molecule has 0 spiro atoms. The lowest BCUT2D eigenvalue weighted by atomic mass is 10.1. The molecule has 0 aliphatic carbocycles. The predicted molar refractivity (Wildman–Crippen MR) is 87.8 cm³/mol. The summed E-state index contributed by atoms with van der Waals surface area (Å²) in [4.78, 5) is 8.91. The number of hydrogen-bond acceptors (Lipinski definition) is 3. The van der Waals surface area contributed by atoms with Crippen molar-refractivity contribution in [1.29, 1.82) is 0 Å². The molecule has 4 rings (SSSR count). The van der Waals surface area contributed by atoms with Gasteiger partial charge in [-0.25, -0.2) is 9.97 Å². The molecule has 1 saturated heterocycles. The van der Waals surface area contributed by atoms with Crippen molar-refractivity contribution in [1.82, 2.24) is 19.1 Å². The van der Waals surface area contributed by atoms with Crippen molar-refractivity contribution in [2.75, 3.05) is 13.2 Å². The Balaban J connectivity index is 1.68. The van der Waals surface area contributed by atoms with Gasteiger partial charge in [0.1, 0.15) is 11.6 Å². The number of aryl methyl sites for hydroxylation is 1. The van der Waals surface area contributed by atoms with Gasteiger partial charge in [-0.2, -0.15) is 0 Å². The molecular formula is C18H20N4O. The summed E-state index contributed by atoms with van der Waals surface area (Å²) in [5.74, 6) is 2.53. The first-order chi connectivity index (χ1) is 11.3. The first-order valence-corrected chi connectivity index (χ1v) is 8.00. The van der Waals surface area contributed by atoms with Crippen molar-refractivity contribution in [3.63, 3.8) is 0 Å². The molecule has 0 bridgehead atoms. The van der Waals surface area contributed by atoms with Gasteiger partial charge in [0, 0.05) is 37.3 Å². The van der Waals surface area contributed by atoms with Crippen molar-refractivity contribution < 1.29 is 4.74 Å². The minimum atomic E-state index is 0.409. The van der Waals surface area contributed by atoms with Crippen molar-refractivity contribution in [3.05, 3.63) is 66.3 Å². The zero-order valence-electron chi connectivity index (χ0n) is 13.2. The maximum Gasteiger partial charge on any atom is 0.114 e. The molecule has 0 saturated carbocycles. The molecule has 3 heterocycles. The van der Waals surface area contributed by atoms with Gasteiger partial charge in [0.15, 0.2) is 0 Å². The summed E-state index contributed by atoms with van der Waals surface area (Å²) in [6, 6.07) is 8.46. The number of nitrogens with zero attached hydrogens (tertiary/aromatic N) is 4. The number of hydrogen-bond donors (Lipinski definition) is 0. The lowest BCUT2D eigenvalue weighted by Gasteiger charge is -2.15. The van der Waals surface area contributed by atoms with E-state index in [1.807, 2.05) is 25.5 Å². The molecular weight excluding hydrogens is 288 g/mol. The standard InChI is InChI=1S/C18H20N4O/c1-14-19-8-10-22(14)17-5-3-2-4-15(17)12-21-9-7-20-18(21)16-6-11-23-13-16/h2-5,7-10,16H,6,11-13H2,1H3. The van der Waals surface area contributed by atoms with Gasteiger partial charge in [-0.1, -0.05) is 18.2 Å². The Labute approximate surface area is 135 Å². The van der Waals surface area contributed by atoms with E-state index in [4.69, 9.17) is 4.74 Å². The topological polar surface area (TPSA) is 44.9 Å². The van der Waals surface area contributed by atoms with Gasteiger partial charge in [0.2, 0.25) is 0 Å². The van der Waals surface area contributed by atoms with E-state index in [1.54, 1.807) is 0 Å². The Kier molecular flexibility index (Phi) is 3.71. The Hall–Kier alpha value is -2.40. The summed E-state index contributed by atoms with van der Waals surface area (Å²) >= 11 is 0. The van der Waals surface area contributed by atoms with Crippen molar-refractivity contribution in [3.8, 4) is 5.69 Å². The summed E-state index contributed by atoms with van der Waals surface area (Å²) in [6.07, 6.45) is 8.85. The van der Waals surface area contributed by atoms with Crippen molar-refractivity contribution in [2.24, 2.45) is 0 Å². The van der Waals surface area contributed by atoms with Crippen molar-refractivity contribution >= 4 is 0 Å². The number of aromatic nitrogens is 4. The van der Waals surface area contributed by atoms with Crippen LogP contribution in [0.25, 0.3) is 5.69 Å². The SMILES string of the molecule is Cc1nccn1-c1ccccc1Cn1ccnc1C1CCOC1. The summed E-state index contributed by atoms with van der Waals surface area (Å²) in [6.45, 7) is 4.44. The maximum absolute atomic E-state index is 5.52. The van der Waals surface area contributed by atoms with Gasteiger partial charge < -0.3 is 13.9 Å². The molecule has 0 radical (unpaired) electrons. The van der Waals surface area contributed by atoms with E-state index in [2.05, 4.69) is 49.6 Å². The fourth-order valence-corrected chi connectivity index (χ4v) is 3.25. The highest BCUT2D eigenvalue weighted by Gasteiger charge is 2.22. The third kappa shape index (κ3) is 2.68. The number of para-hydroxylation sites is 1. The molecule has 1 unspecified atom stereocenters. The van der Waals surface area contributed by atoms with Gasteiger partial charge in [0.05, 0.1) is 18.8 Å². The second kappa shape index (κ2) is 6.01. The highest BCUT2D eigenvalue weighted by molar-refractivity contribution is 5.42. The normalized spacial score (nSPS) is 17.7. The van der Waals surface area contributed by atoms with E-state index in [1.165, 1.54) is 11.3 Å². The molecule has 1 aliphatic rings. The molecule has 5 heteroatoms. The van der Waals surface area contributed by atoms with Crippen LogP contribution in [-0.2, 0) is 11.3 Å². The van der Waals surface area contributed by atoms with E-state index < -0.39 is 0 Å². The van der Waals surface area contributed by atoms with Gasteiger partial charge in [0.25, 0.3) is 0 Å². The molecule has 2 aromatic heterocycles. The zero-order chi connectivity index (χ0) is 15.6. The number of benzene rings is 1. The second-order valence-corrected chi connectivity index (χ2v) is 5.95. The zero-order valence-corrected chi connectivity index (χ0v) is 13.2. The highest BCUT2D eigenvalue weighted by atomic mass is 16.5. The Morgan fingerprint density at radius 2 is 2.04 bits per heavy atom. The Bertz CT molecular complexity index is 799. The van der Waals surface area contributed by atoms with Crippen LogP contribution in [0.1, 0.15) is 29.6 Å². The molecule has 3 aromatic rings. The monoisotopic (exact) mass is 308 g/mol. The molecule has 0 amide bonds. The van der Waals surface area contributed by atoms with Crippen LogP contribution < -0.4 is 0 Å². The molecule has 5 nitrogen and oxygen atoms in total. The van der Waals surface area contributed by atoms with Crippen LogP contribution in [0.15, 0.2) is 49.1 Å². The van der Waals surface area contributed by atoms with Gasteiger partial charge in [-0.3, -0.25) is 0 Å². The van der Waals surface area contributed by atoms with Crippen LogP contribution in [0.3, 0.4) is 0 Å². The molecule has 1 aliphatic heterocycles. The molecule has 1 aromatic carbocycles. The minimum Gasteiger partial charge on any atom is -0.381 e. The summed E-state index contributed by atoms with van der Waals surface area (Å²) < 4.78 is 9.89. The van der Waals surface area contributed by atoms with Crippen molar-refractivity contribution in [2.45, 2.75) is 25.8 Å². The maximum atomic E-state index is 5.52. The van der Waals surface area contributed by atoms with E-state index >= 15 is 0 Å². The molecule has 0 N–H and O–H groups in total. The third-order valence-corrected chi connectivity index (χ3v) is 4.46. The Morgan fingerprint density at radius 3 is 2.83 bits per heavy atom. The second-order valence-electron chi connectivity index (χ2n) is 5.95. The third-order valence-electron chi connectivity index (χ3n) is 4.46. The van der Waals surface area contributed by atoms with Gasteiger partial charge >= 0.3 is 0 Å². The number of rotatable bonds is 4. The lowest BCUT2D eigenvalue weighted by Crippen LogP contribution is -2.11. The van der Waals surface area contributed by atoms with E-state index in [0.717, 1.165) is 37.8 Å². The fourth-order valence-electron chi connectivity index (χ4n) is 3.25. The average molecular weight is 308 g/mol. The largest absolute Gasteiger partial charge is 0.381 e. The minimum absolute atomic E-state index is 0.409. The smallest absolute Gasteiger partial charge is 0.114 e. The predicted octanol–water partition coefficient (Wildman–Crippen LogP) is 2.93. The first-order valence-electron chi connectivity index (χ1n) is 8.00. The number of imidazole rings is 2. The molecule has 23 heavy (non-hydrogen) atoms. The fraction of sp³-hybridized carbons (Fsp3) is 0.333. The summed E-state index contributed by atoms with van der Waals surface area (Å²) in [7, 11) is 0. The molecule has 1 atom stereocenters. The van der Waals surface area contributed by atoms with Crippen LogP contribution in [0, 0.1) is 6.92 Å². The van der Waals surface area contributed by atoms with Crippen LogP contribution in [0.5, 0.6) is 0 Å². The lowest BCUT2D eigenvalue weighted by molar-refractivity contribution is 0.192. The van der Waals surface area contributed by atoms with E-state index in [0.29, 0.717) is 5.92 Å². The number of ether oxygens (including phenoxy) is 1. The highest BCUT2D eigenvalue weighted by Crippen LogP contribution is 2.25. The van der Waals surface area contributed by atoms with Crippen LogP contribution >= 0.6 is 0 Å². The van der Waals surface area contributed by atoms with Crippen LogP contribution in [0.4, 0.5) is 0 Å². The van der Waals surface area contributed by atoms with Crippen LogP contribution in [0.2, 0.25) is 0 Å². The average Bonchev–Trinajstić information content (AvgIpc) is 3.29. The van der Waals surface area contributed by atoms with Gasteiger partial charge in [-0.05, 0) is 25.0 Å². The summed E-state index contributed by atoms with van der Waals surface area (Å²) in [5.41, 5.74) is 2.43. The van der Waals surface area contributed by atoms with E-state index in [9.17, 15) is 0 Å². The Morgan fingerprint density at radius 1 is 1.17 bits per heavy atom. The molecule has 118 valence electrons. The molecule has 1 fully saturated rings.